The Morgan fingerprint density at radius 3 is 2.19 bits per heavy atom. The number of likely N-dealkylation sites (N-methyl/N-ethyl adjacent to an activating group) is 3. The van der Waals surface area contributed by atoms with E-state index < -0.39 is 12.1 Å². The van der Waals surface area contributed by atoms with Gasteiger partial charge in [-0.2, -0.15) is 4.58 Å². The monoisotopic (exact) mass is 225 g/mol. The van der Waals surface area contributed by atoms with Gasteiger partial charge in [-0.1, -0.05) is 0 Å². The fourth-order valence-corrected chi connectivity index (χ4v) is 2.09. The smallest absolute Gasteiger partial charge is 0.270 e. The van der Waals surface area contributed by atoms with E-state index in [4.69, 9.17) is 0 Å². The Kier molecular flexibility index (Phi) is 2.01. The van der Waals surface area contributed by atoms with Crippen molar-refractivity contribution in [2.45, 2.75) is 6.04 Å². The highest BCUT2D eigenvalue weighted by Crippen LogP contribution is 2.19. The first-order valence-corrected chi connectivity index (χ1v) is 4.80. The van der Waals surface area contributed by atoms with Crippen LogP contribution in [0.2, 0.25) is 0 Å². The third-order valence-corrected chi connectivity index (χ3v) is 3.05. The molecule has 16 heavy (non-hydrogen) atoms. The summed E-state index contributed by atoms with van der Waals surface area (Å²) in [6.07, 6.45) is 0. The second kappa shape index (κ2) is 3.03. The quantitative estimate of drug-likeness (QED) is 0.496. The summed E-state index contributed by atoms with van der Waals surface area (Å²) < 4.78 is 1.33. The minimum absolute atomic E-state index is 0.289. The molecule has 0 bridgehead atoms. The first-order valence-electron chi connectivity index (χ1n) is 4.80. The average molecular weight is 225 g/mol. The molecule has 0 aromatic heterocycles. The summed E-state index contributed by atoms with van der Waals surface area (Å²) in [5.74, 6) is 0.0406. The zero-order valence-corrected chi connectivity index (χ0v) is 9.59. The van der Waals surface area contributed by atoms with Gasteiger partial charge in [0.2, 0.25) is 6.04 Å². The van der Waals surface area contributed by atoms with E-state index in [1.165, 1.54) is 21.4 Å². The molecule has 1 unspecified atom stereocenters. The predicted molar refractivity (Wildman–Crippen MR) is 54.1 cm³/mol. The molecule has 86 valence electrons. The molecule has 7 nitrogen and oxygen atoms in total. The average Bonchev–Trinajstić information content (AvgIpc) is 2.48. The first-order chi connectivity index (χ1) is 7.37. The van der Waals surface area contributed by atoms with Crippen LogP contribution in [0.5, 0.6) is 0 Å². The molecule has 2 aliphatic rings. The highest BCUT2D eigenvalue weighted by molar-refractivity contribution is 6.21. The van der Waals surface area contributed by atoms with Crippen LogP contribution in [-0.4, -0.2) is 77.3 Å². The lowest BCUT2D eigenvalue weighted by Gasteiger charge is -2.29. The third kappa shape index (κ3) is 1.02. The van der Waals surface area contributed by atoms with Gasteiger partial charge in [-0.3, -0.25) is 9.69 Å². The second-order valence-corrected chi connectivity index (χ2v) is 3.95. The van der Waals surface area contributed by atoms with Crippen molar-refractivity contribution in [1.29, 1.82) is 0 Å². The molecule has 2 aliphatic heterocycles. The number of nitrogens with zero attached hydrogens (tertiary/aromatic N) is 4. The van der Waals surface area contributed by atoms with Gasteiger partial charge in [-0.15, -0.1) is 0 Å². The van der Waals surface area contributed by atoms with Crippen LogP contribution in [0.15, 0.2) is 0 Å². The van der Waals surface area contributed by atoms with Gasteiger partial charge in [0.05, 0.1) is 21.1 Å². The van der Waals surface area contributed by atoms with E-state index in [-0.39, 0.29) is 11.9 Å². The number of hydrogen-bond donors (Lipinski definition) is 0. The Labute approximate surface area is 92.5 Å². The van der Waals surface area contributed by atoms with E-state index in [0.29, 0.717) is 5.84 Å². The molecule has 5 amide bonds. The highest BCUT2D eigenvalue weighted by atomic mass is 16.2. The van der Waals surface area contributed by atoms with Crippen LogP contribution in [0, 0.1) is 0 Å². The predicted octanol–water partition coefficient (Wildman–Crippen LogP) is -1.01. The van der Waals surface area contributed by atoms with Gasteiger partial charge in [0, 0.05) is 7.05 Å². The van der Waals surface area contributed by atoms with E-state index in [1.807, 2.05) is 0 Å². The lowest BCUT2D eigenvalue weighted by Crippen LogP contribution is -2.62. The molecule has 0 radical (unpaired) electrons. The molecular weight excluding hydrogens is 212 g/mol. The molecule has 1 saturated heterocycles. The van der Waals surface area contributed by atoms with Crippen molar-refractivity contribution in [2.75, 3.05) is 28.2 Å². The summed E-state index contributed by atoms with van der Waals surface area (Å²) >= 11 is 0. The van der Waals surface area contributed by atoms with E-state index in [1.54, 1.807) is 21.1 Å². The molecule has 0 aromatic rings. The van der Waals surface area contributed by atoms with Crippen molar-refractivity contribution in [1.82, 2.24) is 14.7 Å². The second-order valence-electron chi connectivity index (χ2n) is 3.95. The fraction of sp³-hybridized carbons (Fsp3) is 0.556. The zero-order valence-electron chi connectivity index (χ0n) is 9.59. The van der Waals surface area contributed by atoms with Crippen molar-refractivity contribution in [3.63, 3.8) is 0 Å². The van der Waals surface area contributed by atoms with Gasteiger partial charge in [0.25, 0.3) is 11.7 Å². The standard InChI is InChI=1S/C9H13N4O3/c1-10-5-6(11(2)8(10)15)12(3)9(16)13(4)7(5)14/h5H,1-4H3/q+1. The number of amidine groups is 1. The number of urea groups is 2. The summed E-state index contributed by atoms with van der Waals surface area (Å²) in [7, 11) is 6.06. The van der Waals surface area contributed by atoms with Gasteiger partial charge >= 0.3 is 12.1 Å². The Hall–Kier alpha value is -1.92. The summed E-state index contributed by atoms with van der Waals surface area (Å²) in [5.41, 5.74) is 0. The van der Waals surface area contributed by atoms with Gasteiger partial charge < -0.3 is 0 Å². The van der Waals surface area contributed by atoms with Gasteiger partial charge in [-0.25, -0.2) is 19.4 Å². The SMILES string of the molecule is CN1C(=O)C2C(=[N+](C)C(=O)N2C)N(C)C1=O. The minimum atomic E-state index is -0.690. The lowest BCUT2D eigenvalue weighted by molar-refractivity contribution is -0.396. The summed E-state index contributed by atoms with van der Waals surface area (Å²) in [4.78, 5) is 39.0. The highest BCUT2D eigenvalue weighted by Gasteiger charge is 2.56. The van der Waals surface area contributed by atoms with Crippen molar-refractivity contribution in [3.8, 4) is 0 Å². The largest absolute Gasteiger partial charge is 0.439 e. The topological polar surface area (TPSA) is 63.9 Å². The van der Waals surface area contributed by atoms with Crippen molar-refractivity contribution in [2.24, 2.45) is 0 Å². The van der Waals surface area contributed by atoms with Crippen LogP contribution >= 0.6 is 0 Å². The molecule has 7 heteroatoms. The minimum Gasteiger partial charge on any atom is -0.270 e. The van der Waals surface area contributed by atoms with E-state index in [9.17, 15) is 14.4 Å². The third-order valence-electron chi connectivity index (χ3n) is 3.05. The van der Waals surface area contributed by atoms with E-state index >= 15 is 0 Å². The van der Waals surface area contributed by atoms with Gasteiger partial charge in [0.15, 0.2) is 0 Å². The van der Waals surface area contributed by atoms with Crippen molar-refractivity contribution in [3.05, 3.63) is 0 Å². The van der Waals surface area contributed by atoms with Crippen molar-refractivity contribution < 1.29 is 19.0 Å². The maximum absolute atomic E-state index is 11.9. The molecule has 0 aliphatic carbocycles. The Morgan fingerprint density at radius 1 is 1.06 bits per heavy atom. The number of carbonyl (C=O) groups is 3. The molecule has 1 fully saturated rings. The maximum atomic E-state index is 11.9. The normalized spacial score (nSPS) is 25.9. The van der Waals surface area contributed by atoms with Crippen molar-refractivity contribution >= 4 is 23.8 Å². The number of carbonyl (C=O) groups excluding carboxylic acids is 3. The Bertz CT molecular complexity index is 442. The maximum Gasteiger partial charge on any atom is 0.439 e. The molecule has 0 spiro atoms. The number of fused-ring (bicyclic) bond motifs is 1. The lowest BCUT2D eigenvalue weighted by atomic mass is 10.1. The first kappa shape index (κ1) is 10.6. The molecule has 0 N–H and O–H groups in total. The van der Waals surface area contributed by atoms with Crippen LogP contribution in [-0.2, 0) is 4.79 Å². The van der Waals surface area contributed by atoms with Gasteiger partial charge in [0.1, 0.15) is 0 Å². The van der Waals surface area contributed by atoms with E-state index in [0.717, 1.165) is 4.90 Å². The van der Waals surface area contributed by atoms with Crippen LogP contribution in [0.25, 0.3) is 0 Å². The molecule has 2 heterocycles. The molecule has 0 saturated carbocycles. The van der Waals surface area contributed by atoms with Crippen LogP contribution in [0.4, 0.5) is 9.59 Å². The summed E-state index contributed by atoms with van der Waals surface area (Å²) in [6, 6.07) is -1.40. The molecule has 0 aromatic carbocycles. The summed E-state index contributed by atoms with van der Waals surface area (Å²) in [6.45, 7) is 0. The number of hydrogen-bond acceptors (Lipinski definition) is 3. The zero-order chi connectivity index (χ0) is 12.2. The number of imide groups is 1. The van der Waals surface area contributed by atoms with Crippen LogP contribution in [0.3, 0.4) is 0 Å². The van der Waals surface area contributed by atoms with E-state index in [2.05, 4.69) is 0 Å². The number of rotatable bonds is 0. The summed E-state index contributed by atoms with van der Waals surface area (Å²) in [5, 5.41) is 0. The Morgan fingerprint density at radius 2 is 1.62 bits per heavy atom. The molecule has 1 atom stereocenters. The van der Waals surface area contributed by atoms with Crippen LogP contribution < -0.4 is 0 Å². The van der Waals surface area contributed by atoms with Crippen LogP contribution in [0.1, 0.15) is 0 Å². The molecular formula is C9H13N4O3+. The molecule has 2 rings (SSSR count). The fourth-order valence-electron chi connectivity index (χ4n) is 2.09. The van der Waals surface area contributed by atoms with Gasteiger partial charge in [-0.05, 0) is 0 Å². The Balaban J connectivity index is 2.57. The number of amides is 5.